The molecule has 2 aromatic rings. The molecule has 5 nitrogen and oxygen atoms in total. The van der Waals surface area contributed by atoms with Gasteiger partial charge in [0.15, 0.2) is 5.96 Å². The second-order valence-corrected chi connectivity index (χ2v) is 6.75. The number of nitrogens with one attached hydrogen (secondary N) is 1. The summed E-state index contributed by atoms with van der Waals surface area (Å²) < 4.78 is 52.1. The van der Waals surface area contributed by atoms with Crippen LogP contribution in [0.25, 0.3) is 0 Å². The first kappa shape index (κ1) is 23.2. The molecule has 0 fully saturated rings. The van der Waals surface area contributed by atoms with Crippen molar-refractivity contribution in [2.75, 3.05) is 12.3 Å². The molecule has 0 aromatic heterocycles. The Bertz CT molecular complexity index is 756. The normalized spacial score (nSPS) is 12.8. The van der Waals surface area contributed by atoms with E-state index < -0.39 is 17.2 Å². The lowest BCUT2D eigenvalue weighted by atomic mass is 10.2. The van der Waals surface area contributed by atoms with E-state index in [-0.39, 0.29) is 42.2 Å². The van der Waals surface area contributed by atoms with Gasteiger partial charge in [0.05, 0.1) is 17.3 Å². The van der Waals surface area contributed by atoms with Crippen LogP contribution in [0.1, 0.15) is 5.56 Å². The van der Waals surface area contributed by atoms with E-state index in [9.17, 15) is 17.4 Å². The van der Waals surface area contributed by atoms with Crippen molar-refractivity contribution >= 4 is 40.7 Å². The highest BCUT2D eigenvalue weighted by atomic mass is 127. The van der Waals surface area contributed by atoms with Gasteiger partial charge in [-0.1, -0.05) is 30.3 Å². The molecule has 148 valence electrons. The van der Waals surface area contributed by atoms with Gasteiger partial charge in [0, 0.05) is 17.2 Å². The summed E-state index contributed by atoms with van der Waals surface area (Å²) in [6.45, 7) is 0.585. The van der Waals surface area contributed by atoms with Crippen molar-refractivity contribution < 1.29 is 22.1 Å². The number of aliphatic imine (C=N–C) groups is 1. The summed E-state index contributed by atoms with van der Waals surface area (Å²) in [5.74, 6) is 0.259. The van der Waals surface area contributed by atoms with Crippen molar-refractivity contribution in [3.63, 3.8) is 0 Å². The molecule has 3 N–H and O–H groups in total. The van der Waals surface area contributed by atoms with Gasteiger partial charge < -0.3 is 15.8 Å². The average molecular weight is 513 g/mol. The Labute approximate surface area is 174 Å². The zero-order chi connectivity index (χ0) is 19.0. The second-order valence-electron chi connectivity index (χ2n) is 5.18. The SMILES string of the molecule is I.NC(=NCc1ccc(OC(F)(F)F)cc1)NCCS(=O)c1ccccc1. The minimum atomic E-state index is -4.71. The maximum Gasteiger partial charge on any atom is 0.573 e. The van der Waals surface area contributed by atoms with Gasteiger partial charge in [-0.2, -0.15) is 0 Å². The van der Waals surface area contributed by atoms with Crippen LogP contribution in [-0.4, -0.2) is 28.8 Å². The highest BCUT2D eigenvalue weighted by Gasteiger charge is 2.30. The van der Waals surface area contributed by atoms with Crippen molar-refractivity contribution in [2.24, 2.45) is 10.7 Å². The zero-order valence-corrected chi connectivity index (χ0v) is 17.3. The monoisotopic (exact) mass is 513 g/mol. The number of rotatable bonds is 7. The molecule has 0 aliphatic rings. The van der Waals surface area contributed by atoms with E-state index in [1.807, 2.05) is 18.2 Å². The lowest BCUT2D eigenvalue weighted by molar-refractivity contribution is -0.274. The molecular weight excluding hydrogens is 494 g/mol. The Kier molecular flexibility index (Phi) is 9.56. The summed E-state index contributed by atoms with van der Waals surface area (Å²) in [6, 6.07) is 14.5. The summed E-state index contributed by atoms with van der Waals surface area (Å²) in [6.07, 6.45) is -4.71. The molecule has 1 unspecified atom stereocenters. The predicted octanol–water partition coefficient (Wildman–Crippen LogP) is 3.42. The fourth-order valence-corrected chi connectivity index (χ4v) is 2.97. The Balaban J connectivity index is 0.00000364. The molecule has 2 aromatic carbocycles. The number of halogens is 4. The molecule has 0 aliphatic heterocycles. The van der Waals surface area contributed by atoms with Crippen LogP contribution >= 0.6 is 24.0 Å². The molecule has 0 bridgehead atoms. The number of guanidine groups is 1. The van der Waals surface area contributed by atoms with Crippen LogP contribution in [0.15, 0.2) is 64.5 Å². The lowest BCUT2D eigenvalue weighted by Gasteiger charge is -2.09. The molecule has 0 aliphatic carbocycles. The van der Waals surface area contributed by atoms with E-state index in [4.69, 9.17) is 5.73 Å². The molecule has 1 atom stereocenters. The molecule has 27 heavy (non-hydrogen) atoms. The van der Waals surface area contributed by atoms with Crippen molar-refractivity contribution in [3.05, 3.63) is 60.2 Å². The van der Waals surface area contributed by atoms with Crippen LogP contribution in [0, 0.1) is 0 Å². The number of ether oxygens (including phenoxy) is 1. The minimum Gasteiger partial charge on any atom is -0.406 e. The topological polar surface area (TPSA) is 76.7 Å². The minimum absolute atomic E-state index is 0. The van der Waals surface area contributed by atoms with Gasteiger partial charge in [-0.05, 0) is 29.8 Å². The third kappa shape index (κ3) is 9.09. The third-order valence-electron chi connectivity index (χ3n) is 3.19. The maximum atomic E-state index is 12.1. The quantitative estimate of drug-likeness (QED) is 0.338. The van der Waals surface area contributed by atoms with Gasteiger partial charge in [0.2, 0.25) is 0 Å². The summed E-state index contributed by atoms with van der Waals surface area (Å²) in [7, 11) is -1.13. The second kappa shape index (κ2) is 11.1. The predicted molar refractivity (Wildman–Crippen MR) is 110 cm³/mol. The third-order valence-corrected chi connectivity index (χ3v) is 4.56. The molecule has 0 saturated carbocycles. The van der Waals surface area contributed by atoms with Crippen LogP contribution in [0.3, 0.4) is 0 Å². The standard InChI is InChI=1S/C17H18F3N3O2S.HI/c18-17(19,20)25-14-8-6-13(7-9-14)12-23-16(21)22-10-11-26(24)15-4-2-1-3-5-15;/h1-9H,10-12H2,(H3,21,22,23);1H. The van der Waals surface area contributed by atoms with Crippen LogP contribution in [0.4, 0.5) is 13.2 Å². The summed E-state index contributed by atoms with van der Waals surface area (Å²) >= 11 is 0. The number of nitrogens with two attached hydrogens (primary N) is 1. The maximum absolute atomic E-state index is 12.1. The first-order valence-corrected chi connectivity index (χ1v) is 8.97. The van der Waals surface area contributed by atoms with Crippen molar-refractivity contribution in [2.45, 2.75) is 17.8 Å². The summed E-state index contributed by atoms with van der Waals surface area (Å²) in [4.78, 5) is 4.83. The van der Waals surface area contributed by atoms with Crippen LogP contribution in [0.2, 0.25) is 0 Å². The Morgan fingerprint density at radius 2 is 1.74 bits per heavy atom. The highest BCUT2D eigenvalue weighted by Crippen LogP contribution is 2.22. The smallest absolute Gasteiger partial charge is 0.406 e. The van der Waals surface area contributed by atoms with E-state index in [1.54, 1.807) is 12.1 Å². The van der Waals surface area contributed by atoms with Gasteiger partial charge in [-0.15, -0.1) is 37.1 Å². The van der Waals surface area contributed by atoms with Crippen LogP contribution < -0.4 is 15.8 Å². The van der Waals surface area contributed by atoms with E-state index in [0.29, 0.717) is 17.9 Å². The number of benzene rings is 2. The zero-order valence-electron chi connectivity index (χ0n) is 14.1. The van der Waals surface area contributed by atoms with Gasteiger partial charge in [-0.25, -0.2) is 4.99 Å². The van der Waals surface area contributed by atoms with Gasteiger partial charge >= 0.3 is 6.36 Å². The number of hydrogen-bond donors (Lipinski definition) is 2. The van der Waals surface area contributed by atoms with Crippen molar-refractivity contribution in [3.8, 4) is 5.75 Å². The molecule has 0 radical (unpaired) electrons. The van der Waals surface area contributed by atoms with E-state index in [2.05, 4.69) is 15.0 Å². The lowest BCUT2D eigenvalue weighted by Crippen LogP contribution is -2.34. The van der Waals surface area contributed by atoms with Gasteiger partial charge in [0.1, 0.15) is 5.75 Å². The van der Waals surface area contributed by atoms with Crippen LogP contribution in [0.5, 0.6) is 5.75 Å². The summed E-state index contributed by atoms with van der Waals surface area (Å²) in [5, 5.41) is 2.86. The largest absolute Gasteiger partial charge is 0.573 e. The number of hydrogen-bond acceptors (Lipinski definition) is 3. The molecule has 0 spiro atoms. The number of alkyl halides is 3. The van der Waals surface area contributed by atoms with Crippen LogP contribution in [-0.2, 0) is 17.3 Å². The first-order valence-electron chi connectivity index (χ1n) is 7.65. The van der Waals surface area contributed by atoms with E-state index in [1.165, 1.54) is 24.3 Å². The Morgan fingerprint density at radius 3 is 2.33 bits per heavy atom. The number of nitrogens with zero attached hydrogens (tertiary/aromatic N) is 1. The fourth-order valence-electron chi connectivity index (χ4n) is 1.99. The summed E-state index contributed by atoms with van der Waals surface area (Å²) in [5.41, 5.74) is 6.40. The van der Waals surface area contributed by atoms with E-state index in [0.717, 1.165) is 4.90 Å². The Morgan fingerprint density at radius 1 is 1.11 bits per heavy atom. The van der Waals surface area contributed by atoms with E-state index >= 15 is 0 Å². The molecule has 2 rings (SSSR count). The molecule has 0 amide bonds. The highest BCUT2D eigenvalue weighted by molar-refractivity contribution is 14.0. The van der Waals surface area contributed by atoms with Gasteiger partial charge in [0.25, 0.3) is 0 Å². The molecular formula is C17H19F3IN3O2S. The molecule has 10 heteroatoms. The first-order chi connectivity index (χ1) is 12.3. The van der Waals surface area contributed by atoms with Gasteiger partial charge in [-0.3, -0.25) is 4.21 Å². The molecule has 0 heterocycles. The average Bonchev–Trinajstić information content (AvgIpc) is 2.60. The molecule has 0 saturated heterocycles. The Hall–Kier alpha value is -1.82. The fraction of sp³-hybridized carbons (Fsp3) is 0.235. The van der Waals surface area contributed by atoms with Crippen molar-refractivity contribution in [1.29, 1.82) is 0 Å². The van der Waals surface area contributed by atoms with Crippen molar-refractivity contribution in [1.82, 2.24) is 5.32 Å².